The molecule has 0 saturated carbocycles. The number of piperazine rings is 1. The van der Waals surface area contributed by atoms with Crippen molar-refractivity contribution < 1.29 is 9.59 Å². The van der Waals surface area contributed by atoms with E-state index < -0.39 is 0 Å². The molecule has 0 aliphatic carbocycles. The SMILES string of the molecule is N#Cc1ccc(CN2CCN(C(=O)C3CCC(=O)N(Cc4ccccc4)C3c3ccccc3)CC2)cc1. The number of nitriles is 1. The normalized spacial score (nSPS) is 20.5. The topological polar surface area (TPSA) is 67.6 Å². The van der Waals surface area contributed by atoms with Gasteiger partial charge in [0.25, 0.3) is 0 Å². The lowest BCUT2D eigenvalue weighted by molar-refractivity contribution is -0.149. The van der Waals surface area contributed by atoms with E-state index in [1.54, 1.807) is 0 Å². The van der Waals surface area contributed by atoms with Crippen molar-refractivity contribution in [3.8, 4) is 6.07 Å². The van der Waals surface area contributed by atoms with E-state index in [-0.39, 0.29) is 23.8 Å². The number of carbonyl (C=O) groups excluding carboxylic acids is 2. The molecule has 3 aromatic rings. The highest BCUT2D eigenvalue weighted by Gasteiger charge is 2.42. The van der Waals surface area contributed by atoms with E-state index in [4.69, 9.17) is 5.26 Å². The van der Waals surface area contributed by atoms with Gasteiger partial charge >= 0.3 is 0 Å². The van der Waals surface area contributed by atoms with Crippen LogP contribution in [0.4, 0.5) is 0 Å². The maximum atomic E-state index is 13.9. The average Bonchev–Trinajstić information content (AvgIpc) is 2.95. The Morgan fingerprint density at radius 3 is 2.08 bits per heavy atom. The standard InChI is InChI=1S/C31H32N4O2/c32-21-24-11-13-26(14-12-24)22-33-17-19-34(20-18-33)31(37)28-15-16-29(36)35(23-25-7-3-1-4-8-25)30(28)27-9-5-2-6-10-27/h1-14,28,30H,15-20,22-23H2. The van der Waals surface area contributed by atoms with E-state index in [1.165, 1.54) is 5.56 Å². The molecule has 2 aliphatic heterocycles. The fourth-order valence-electron chi connectivity index (χ4n) is 5.54. The van der Waals surface area contributed by atoms with Crippen LogP contribution in [-0.2, 0) is 22.7 Å². The van der Waals surface area contributed by atoms with E-state index in [2.05, 4.69) is 11.0 Å². The molecule has 5 rings (SSSR count). The van der Waals surface area contributed by atoms with Gasteiger partial charge < -0.3 is 9.80 Å². The van der Waals surface area contributed by atoms with Gasteiger partial charge in [0.15, 0.2) is 0 Å². The predicted molar refractivity (Wildman–Crippen MR) is 142 cm³/mol. The van der Waals surface area contributed by atoms with Crippen LogP contribution in [0.5, 0.6) is 0 Å². The monoisotopic (exact) mass is 492 g/mol. The number of hydrogen-bond acceptors (Lipinski definition) is 4. The second kappa shape index (κ2) is 11.4. The summed E-state index contributed by atoms with van der Waals surface area (Å²) in [6.45, 7) is 4.28. The molecular weight excluding hydrogens is 460 g/mol. The first-order chi connectivity index (χ1) is 18.1. The maximum Gasteiger partial charge on any atom is 0.228 e. The van der Waals surface area contributed by atoms with Crippen LogP contribution in [0.2, 0.25) is 0 Å². The summed E-state index contributed by atoms with van der Waals surface area (Å²) in [5.41, 5.74) is 3.93. The van der Waals surface area contributed by atoms with Gasteiger partial charge in [-0.15, -0.1) is 0 Å². The largest absolute Gasteiger partial charge is 0.340 e. The number of rotatable bonds is 6. The summed E-state index contributed by atoms with van der Waals surface area (Å²) in [4.78, 5) is 33.3. The van der Waals surface area contributed by atoms with Gasteiger partial charge in [0.05, 0.1) is 23.6 Å². The molecule has 2 heterocycles. The lowest BCUT2D eigenvalue weighted by Gasteiger charge is -2.44. The van der Waals surface area contributed by atoms with Crippen LogP contribution >= 0.6 is 0 Å². The van der Waals surface area contributed by atoms with Gasteiger partial charge in [-0.2, -0.15) is 5.26 Å². The molecule has 6 heteroatoms. The predicted octanol–water partition coefficient (Wildman–Crippen LogP) is 4.38. The maximum absolute atomic E-state index is 13.9. The summed E-state index contributed by atoms with van der Waals surface area (Å²) < 4.78 is 0. The number of carbonyl (C=O) groups is 2. The number of piperidine rings is 1. The summed E-state index contributed by atoms with van der Waals surface area (Å²) in [7, 11) is 0. The minimum absolute atomic E-state index is 0.106. The van der Waals surface area contributed by atoms with Crippen LogP contribution in [0.3, 0.4) is 0 Å². The van der Waals surface area contributed by atoms with E-state index in [0.29, 0.717) is 38.0 Å². The summed E-state index contributed by atoms with van der Waals surface area (Å²) in [6.07, 6.45) is 0.971. The Bertz CT molecular complexity index is 1250. The highest BCUT2D eigenvalue weighted by molar-refractivity contribution is 5.85. The van der Waals surface area contributed by atoms with Gasteiger partial charge in [-0.3, -0.25) is 14.5 Å². The lowest BCUT2D eigenvalue weighted by Crippen LogP contribution is -2.53. The Hall–Kier alpha value is -3.95. The third kappa shape index (κ3) is 5.73. The second-order valence-corrected chi connectivity index (χ2v) is 9.92. The van der Waals surface area contributed by atoms with E-state index >= 15 is 0 Å². The van der Waals surface area contributed by atoms with Crippen LogP contribution in [0.1, 0.15) is 41.1 Å². The second-order valence-electron chi connectivity index (χ2n) is 9.92. The van der Waals surface area contributed by atoms with Gasteiger partial charge in [0, 0.05) is 45.7 Å². The average molecular weight is 493 g/mol. The van der Waals surface area contributed by atoms with Crippen molar-refractivity contribution in [1.82, 2.24) is 14.7 Å². The van der Waals surface area contributed by atoms with Crippen LogP contribution in [0, 0.1) is 17.2 Å². The zero-order valence-corrected chi connectivity index (χ0v) is 21.0. The summed E-state index contributed by atoms with van der Waals surface area (Å²) >= 11 is 0. The van der Waals surface area contributed by atoms with Crippen LogP contribution in [0.15, 0.2) is 84.9 Å². The minimum atomic E-state index is -0.271. The van der Waals surface area contributed by atoms with Crippen molar-refractivity contribution >= 4 is 11.8 Å². The van der Waals surface area contributed by atoms with Crippen molar-refractivity contribution in [2.45, 2.75) is 32.0 Å². The molecule has 2 fully saturated rings. The highest BCUT2D eigenvalue weighted by atomic mass is 16.2. The first-order valence-corrected chi connectivity index (χ1v) is 13.0. The number of amides is 2. The Morgan fingerprint density at radius 2 is 1.43 bits per heavy atom. The van der Waals surface area contributed by atoms with Gasteiger partial charge in [0.1, 0.15) is 0 Å². The number of likely N-dealkylation sites (tertiary alicyclic amines) is 1. The molecule has 0 radical (unpaired) electrons. The lowest BCUT2D eigenvalue weighted by atomic mass is 9.82. The molecule has 0 aromatic heterocycles. The molecule has 37 heavy (non-hydrogen) atoms. The van der Waals surface area contributed by atoms with Crippen LogP contribution in [0.25, 0.3) is 0 Å². The zero-order chi connectivity index (χ0) is 25.6. The fraction of sp³-hybridized carbons (Fsp3) is 0.323. The molecule has 6 nitrogen and oxygen atoms in total. The fourth-order valence-corrected chi connectivity index (χ4v) is 5.54. The molecule has 2 atom stereocenters. The highest BCUT2D eigenvalue weighted by Crippen LogP contribution is 2.39. The summed E-state index contributed by atoms with van der Waals surface area (Å²) in [5.74, 6) is 0.000295. The van der Waals surface area contributed by atoms with Crippen molar-refractivity contribution in [2.75, 3.05) is 26.2 Å². The van der Waals surface area contributed by atoms with Crippen molar-refractivity contribution in [1.29, 1.82) is 5.26 Å². The van der Waals surface area contributed by atoms with Gasteiger partial charge in [-0.1, -0.05) is 72.8 Å². The molecule has 0 N–H and O–H groups in total. The number of nitrogens with zero attached hydrogens (tertiary/aromatic N) is 4. The van der Waals surface area contributed by atoms with E-state index in [0.717, 1.165) is 30.8 Å². The minimum Gasteiger partial charge on any atom is -0.340 e. The molecule has 188 valence electrons. The first-order valence-electron chi connectivity index (χ1n) is 13.0. The molecule has 0 bridgehead atoms. The third-order valence-corrected chi connectivity index (χ3v) is 7.53. The Balaban J connectivity index is 1.30. The van der Waals surface area contributed by atoms with Crippen LogP contribution in [-0.4, -0.2) is 52.7 Å². The molecule has 2 unspecified atom stereocenters. The Morgan fingerprint density at radius 1 is 0.811 bits per heavy atom. The van der Waals surface area contributed by atoms with Crippen molar-refractivity contribution in [2.24, 2.45) is 5.92 Å². The molecule has 0 spiro atoms. The van der Waals surface area contributed by atoms with Crippen LogP contribution < -0.4 is 0 Å². The van der Waals surface area contributed by atoms with Gasteiger partial charge in [-0.05, 0) is 35.2 Å². The quantitative estimate of drug-likeness (QED) is 0.512. The number of hydrogen-bond donors (Lipinski definition) is 0. The smallest absolute Gasteiger partial charge is 0.228 e. The molecule has 2 aliphatic rings. The third-order valence-electron chi connectivity index (χ3n) is 7.53. The number of benzene rings is 3. The van der Waals surface area contributed by atoms with E-state index in [9.17, 15) is 9.59 Å². The Kier molecular flexibility index (Phi) is 7.62. The summed E-state index contributed by atoms with van der Waals surface area (Å²) in [6, 6.07) is 29.6. The summed E-state index contributed by atoms with van der Waals surface area (Å²) in [5, 5.41) is 9.02. The molecular formula is C31H32N4O2. The van der Waals surface area contributed by atoms with Crippen molar-refractivity contribution in [3.05, 3.63) is 107 Å². The molecule has 2 saturated heterocycles. The molecule has 2 amide bonds. The van der Waals surface area contributed by atoms with Gasteiger partial charge in [0.2, 0.25) is 11.8 Å². The van der Waals surface area contributed by atoms with E-state index in [1.807, 2.05) is 94.7 Å². The molecule has 3 aromatic carbocycles. The van der Waals surface area contributed by atoms with Gasteiger partial charge in [-0.25, -0.2) is 0 Å². The Labute approximate surface area is 218 Å². The zero-order valence-electron chi connectivity index (χ0n) is 21.0. The first kappa shape index (κ1) is 24.7. The van der Waals surface area contributed by atoms with Crippen molar-refractivity contribution in [3.63, 3.8) is 0 Å².